The maximum Gasteiger partial charge on any atom is 0.387 e. The number of aromatic nitrogens is 2. The van der Waals surface area contributed by atoms with Crippen LogP contribution in [-0.4, -0.2) is 29.8 Å². The van der Waals surface area contributed by atoms with Crippen molar-refractivity contribution < 1.29 is 27.6 Å². The first-order chi connectivity index (χ1) is 12.4. The van der Waals surface area contributed by atoms with Crippen molar-refractivity contribution in [2.45, 2.75) is 45.6 Å². The molecule has 0 saturated heterocycles. The molecule has 0 unspecified atom stereocenters. The number of ether oxygens (including phenoxy) is 2. The average Bonchev–Trinajstić information content (AvgIpc) is 3.04. The Hall–Kier alpha value is -2.71. The van der Waals surface area contributed by atoms with Gasteiger partial charge < -0.3 is 19.3 Å². The SMILES string of the molecule is COc1ccc(NC(=O)CCCc2nc(C(C)C)no2)cc1OC(F)F. The lowest BCUT2D eigenvalue weighted by Gasteiger charge is -2.12. The van der Waals surface area contributed by atoms with Crippen LogP contribution in [0.15, 0.2) is 22.7 Å². The molecule has 1 aromatic heterocycles. The average molecular weight is 369 g/mol. The third-order valence-corrected chi connectivity index (χ3v) is 3.46. The molecule has 0 spiro atoms. The molecule has 1 heterocycles. The predicted molar refractivity (Wildman–Crippen MR) is 89.6 cm³/mol. The molecule has 0 atom stereocenters. The van der Waals surface area contributed by atoms with Crippen LogP contribution in [-0.2, 0) is 11.2 Å². The Morgan fingerprint density at radius 2 is 2.08 bits per heavy atom. The molecule has 1 aromatic carbocycles. The second-order valence-corrected chi connectivity index (χ2v) is 5.85. The number of amides is 1. The minimum Gasteiger partial charge on any atom is -0.493 e. The fourth-order valence-corrected chi connectivity index (χ4v) is 2.17. The van der Waals surface area contributed by atoms with Crippen molar-refractivity contribution in [2.24, 2.45) is 0 Å². The van der Waals surface area contributed by atoms with Gasteiger partial charge >= 0.3 is 6.61 Å². The number of nitrogens with zero attached hydrogens (tertiary/aromatic N) is 2. The quantitative estimate of drug-likeness (QED) is 0.724. The maximum absolute atomic E-state index is 12.4. The van der Waals surface area contributed by atoms with Crippen molar-refractivity contribution in [3.05, 3.63) is 29.9 Å². The van der Waals surface area contributed by atoms with E-state index in [2.05, 4.69) is 20.2 Å². The second kappa shape index (κ2) is 9.12. The van der Waals surface area contributed by atoms with Crippen molar-refractivity contribution >= 4 is 11.6 Å². The number of carbonyl (C=O) groups is 1. The highest BCUT2D eigenvalue weighted by atomic mass is 19.3. The van der Waals surface area contributed by atoms with Gasteiger partial charge in [-0.3, -0.25) is 4.79 Å². The Bertz CT molecular complexity index is 735. The summed E-state index contributed by atoms with van der Waals surface area (Å²) in [7, 11) is 1.34. The van der Waals surface area contributed by atoms with E-state index in [4.69, 9.17) is 9.26 Å². The second-order valence-electron chi connectivity index (χ2n) is 5.85. The van der Waals surface area contributed by atoms with Crippen LogP contribution in [0.2, 0.25) is 0 Å². The van der Waals surface area contributed by atoms with Gasteiger partial charge in [0.1, 0.15) is 0 Å². The standard InChI is InChI=1S/C17H21F2N3O4/c1-10(2)16-21-15(26-22-16)6-4-5-14(23)20-11-7-8-12(24-3)13(9-11)25-17(18)19/h7-10,17H,4-6H2,1-3H3,(H,20,23). The Morgan fingerprint density at radius 1 is 1.31 bits per heavy atom. The van der Waals surface area contributed by atoms with E-state index in [9.17, 15) is 13.6 Å². The lowest BCUT2D eigenvalue weighted by Crippen LogP contribution is -2.12. The molecule has 2 rings (SSSR count). The van der Waals surface area contributed by atoms with E-state index in [1.165, 1.54) is 19.2 Å². The molecule has 142 valence electrons. The van der Waals surface area contributed by atoms with Crippen LogP contribution < -0.4 is 14.8 Å². The number of benzene rings is 1. The highest BCUT2D eigenvalue weighted by Crippen LogP contribution is 2.31. The number of halogens is 2. The third kappa shape index (κ3) is 5.68. The topological polar surface area (TPSA) is 86.5 Å². The van der Waals surface area contributed by atoms with Gasteiger partial charge in [0, 0.05) is 30.5 Å². The molecular weight excluding hydrogens is 348 g/mol. The van der Waals surface area contributed by atoms with Gasteiger partial charge in [-0.1, -0.05) is 19.0 Å². The van der Waals surface area contributed by atoms with Crippen molar-refractivity contribution in [3.63, 3.8) is 0 Å². The van der Waals surface area contributed by atoms with Crippen LogP contribution in [0.25, 0.3) is 0 Å². The fraction of sp³-hybridized carbons (Fsp3) is 0.471. The smallest absolute Gasteiger partial charge is 0.387 e. The molecule has 0 aliphatic carbocycles. The summed E-state index contributed by atoms with van der Waals surface area (Å²) >= 11 is 0. The lowest BCUT2D eigenvalue weighted by molar-refractivity contribution is -0.116. The molecule has 0 saturated carbocycles. The molecule has 0 bridgehead atoms. The molecule has 0 aliphatic heterocycles. The summed E-state index contributed by atoms with van der Waals surface area (Å²) in [6, 6.07) is 4.27. The van der Waals surface area contributed by atoms with E-state index in [1.807, 2.05) is 13.8 Å². The third-order valence-electron chi connectivity index (χ3n) is 3.46. The number of aryl methyl sites for hydroxylation is 1. The van der Waals surface area contributed by atoms with Crippen LogP contribution in [0, 0.1) is 0 Å². The fourth-order valence-electron chi connectivity index (χ4n) is 2.17. The summed E-state index contributed by atoms with van der Waals surface area (Å²) in [5.41, 5.74) is 0.339. The van der Waals surface area contributed by atoms with E-state index in [0.717, 1.165) is 0 Å². The van der Waals surface area contributed by atoms with E-state index in [1.54, 1.807) is 6.07 Å². The van der Waals surface area contributed by atoms with Crippen molar-refractivity contribution in [2.75, 3.05) is 12.4 Å². The van der Waals surface area contributed by atoms with Crippen LogP contribution in [0.1, 0.15) is 44.3 Å². The molecule has 9 heteroatoms. The zero-order valence-corrected chi connectivity index (χ0v) is 14.8. The summed E-state index contributed by atoms with van der Waals surface area (Å²) in [6.07, 6.45) is 1.22. The maximum atomic E-state index is 12.4. The zero-order chi connectivity index (χ0) is 19.1. The minimum atomic E-state index is -2.99. The number of anilines is 1. The molecule has 0 radical (unpaired) electrons. The van der Waals surface area contributed by atoms with E-state index in [-0.39, 0.29) is 29.7 Å². The van der Waals surface area contributed by atoms with Crippen LogP contribution in [0.3, 0.4) is 0 Å². The Morgan fingerprint density at radius 3 is 2.69 bits per heavy atom. The van der Waals surface area contributed by atoms with Crippen LogP contribution in [0.4, 0.5) is 14.5 Å². The Balaban J connectivity index is 1.86. The number of hydrogen-bond donors (Lipinski definition) is 1. The number of hydrogen-bond acceptors (Lipinski definition) is 6. The first-order valence-corrected chi connectivity index (χ1v) is 8.14. The Labute approximate surface area is 149 Å². The van der Waals surface area contributed by atoms with E-state index in [0.29, 0.717) is 30.2 Å². The Kier molecular flexibility index (Phi) is 6.88. The van der Waals surface area contributed by atoms with Gasteiger partial charge in [-0.05, 0) is 18.6 Å². The van der Waals surface area contributed by atoms with Gasteiger partial charge in [-0.15, -0.1) is 0 Å². The van der Waals surface area contributed by atoms with Crippen molar-refractivity contribution in [1.82, 2.24) is 10.1 Å². The molecule has 2 aromatic rings. The van der Waals surface area contributed by atoms with Crippen molar-refractivity contribution in [3.8, 4) is 11.5 Å². The van der Waals surface area contributed by atoms with Gasteiger partial charge in [-0.2, -0.15) is 13.8 Å². The molecule has 0 fully saturated rings. The number of nitrogens with one attached hydrogen (secondary N) is 1. The summed E-state index contributed by atoms with van der Waals surface area (Å²) < 4.78 is 39.3. The molecule has 7 nitrogen and oxygen atoms in total. The largest absolute Gasteiger partial charge is 0.493 e. The van der Waals surface area contributed by atoms with Crippen molar-refractivity contribution in [1.29, 1.82) is 0 Å². The summed E-state index contributed by atoms with van der Waals surface area (Å²) in [4.78, 5) is 16.2. The zero-order valence-electron chi connectivity index (χ0n) is 14.8. The first-order valence-electron chi connectivity index (χ1n) is 8.14. The van der Waals surface area contributed by atoms with E-state index >= 15 is 0 Å². The highest BCUT2D eigenvalue weighted by molar-refractivity contribution is 5.91. The van der Waals surface area contributed by atoms with Gasteiger partial charge in [0.05, 0.1) is 7.11 Å². The summed E-state index contributed by atoms with van der Waals surface area (Å²) in [5.74, 6) is 1.04. The summed E-state index contributed by atoms with van der Waals surface area (Å²) in [5, 5.41) is 6.49. The predicted octanol–water partition coefficient (Wildman–Crippen LogP) is 3.76. The molecule has 1 N–H and O–H groups in total. The number of alkyl halides is 2. The highest BCUT2D eigenvalue weighted by Gasteiger charge is 2.13. The first kappa shape index (κ1) is 19.6. The number of methoxy groups -OCH3 is 1. The molecule has 0 aliphatic rings. The monoisotopic (exact) mass is 369 g/mol. The van der Waals surface area contributed by atoms with E-state index < -0.39 is 6.61 Å². The molecule has 26 heavy (non-hydrogen) atoms. The van der Waals surface area contributed by atoms with Gasteiger partial charge in [-0.25, -0.2) is 0 Å². The molecule has 1 amide bonds. The lowest BCUT2D eigenvalue weighted by atomic mass is 10.2. The number of carbonyl (C=O) groups excluding carboxylic acids is 1. The van der Waals surface area contributed by atoms with Crippen LogP contribution >= 0.6 is 0 Å². The molecular formula is C17H21F2N3O4. The van der Waals surface area contributed by atoms with Gasteiger partial charge in [0.2, 0.25) is 11.8 Å². The normalized spacial score (nSPS) is 11.0. The van der Waals surface area contributed by atoms with Crippen LogP contribution in [0.5, 0.6) is 11.5 Å². The summed E-state index contributed by atoms with van der Waals surface area (Å²) in [6.45, 7) is 0.936. The minimum absolute atomic E-state index is 0.146. The van der Waals surface area contributed by atoms with Gasteiger partial charge in [0.25, 0.3) is 0 Å². The number of rotatable bonds is 9. The van der Waals surface area contributed by atoms with Gasteiger partial charge in [0.15, 0.2) is 17.3 Å².